The summed E-state index contributed by atoms with van der Waals surface area (Å²) in [7, 11) is 0. The van der Waals surface area contributed by atoms with E-state index in [9.17, 15) is 4.79 Å². The number of rotatable bonds is 4. The van der Waals surface area contributed by atoms with Crippen molar-refractivity contribution in [3.8, 4) is 5.75 Å². The summed E-state index contributed by atoms with van der Waals surface area (Å²) in [6, 6.07) is 24.1. The molecule has 2 aromatic carbocycles. The second-order valence-corrected chi connectivity index (χ2v) is 8.13. The molecule has 0 unspecified atom stereocenters. The highest BCUT2D eigenvalue weighted by Gasteiger charge is 2.36. The molecule has 5 rings (SSSR count). The van der Waals surface area contributed by atoms with Gasteiger partial charge in [0.1, 0.15) is 38.5 Å². The summed E-state index contributed by atoms with van der Waals surface area (Å²) in [5.74, 6) is 2.07. The molecule has 1 aromatic heterocycles. The molecule has 0 bridgehead atoms. The Morgan fingerprint density at radius 3 is 2.48 bits per heavy atom. The summed E-state index contributed by atoms with van der Waals surface area (Å²) >= 11 is 0. The van der Waals surface area contributed by atoms with Gasteiger partial charge in [0.2, 0.25) is 0 Å². The third-order valence-electron chi connectivity index (χ3n) is 6.19. The van der Waals surface area contributed by atoms with Crippen molar-refractivity contribution >= 4 is 17.4 Å². The van der Waals surface area contributed by atoms with Gasteiger partial charge < -0.3 is 9.64 Å². The van der Waals surface area contributed by atoms with Crippen LogP contribution in [0.4, 0.5) is 11.5 Å². The van der Waals surface area contributed by atoms with Gasteiger partial charge in [-0.25, -0.2) is 4.98 Å². The summed E-state index contributed by atoms with van der Waals surface area (Å²) in [5, 5.41) is 0. The zero-order valence-electron chi connectivity index (χ0n) is 17.5. The first kappa shape index (κ1) is 19.6. The number of anilines is 2. The van der Waals surface area contributed by atoms with Gasteiger partial charge in [0.15, 0.2) is 6.54 Å². The van der Waals surface area contributed by atoms with E-state index in [0.29, 0.717) is 13.2 Å². The molecule has 6 nitrogen and oxygen atoms in total. The number of aromatic amines is 1. The van der Waals surface area contributed by atoms with Gasteiger partial charge in [-0.15, -0.1) is 0 Å². The monoisotopic (exact) mass is 416 g/mol. The van der Waals surface area contributed by atoms with E-state index in [4.69, 9.17) is 4.74 Å². The number of hydrogen-bond acceptors (Lipinski definition) is 3. The first-order chi connectivity index (χ1) is 15.3. The largest absolute Gasteiger partial charge is 0.489 e. The molecular formula is C25H28N4O2+2. The first-order valence-corrected chi connectivity index (χ1v) is 10.9. The molecule has 0 spiro atoms. The highest BCUT2D eigenvalue weighted by atomic mass is 16.5. The molecule has 1 atom stereocenters. The molecule has 2 aliphatic heterocycles. The normalized spacial score (nSPS) is 18.9. The van der Waals surface area contributed by atoms with E-state index in [0.717, 1.165) is 49.0 Å². The zero-order valence-corrected chi connectivity index (χ0v) is 17.5. The van der Waals surface area contributed by atoms with E-state index < -0.39 is 0 Å². The molecule has 3 aromatic rings. The predicted octanol–water partition coefficient (Wildman–Crippen LogP) is 1.37. The number of fused-ring (bicyclic) bond motifs is 1. The third-order valence-corrected chi connectivity index (χ3v) is 6.19. The number of benzene rings is 2. The lowest BCUT2D eigenvalue weighted by Crippen LogP contribution is -3.16. The minimum Gasteiger partial charge on any atom is -0.489 e. The van der Waals surface area contributed by atoms with E-state index in [2.05, 4.69) is 28.1 Å². The number of amides is 1. The minimum atomic E-state index is -0.108. The van der Waals surface area contributed by atoms with Gasteiger partial charge in [-0.2, -0.15) is 0 Å². The van der Waals surface area contributed by atoms with Crippen LogP contribution in [0.25, 0.3) is 0 Å². The van der Waals surface area contributed by atoms with Gasteiger partial charge in [-0.05, 0) is 23.8 Å². The van der Waals surface area contributed by atoms with Crippen LogP contribution in [0.1, 0.15) is 11.6 Å². The first-order valence-electron chi connectivity index (χ1n) is 10.9. The number of para-hydroxylation sites is 2. The summed E-state index contributed by atoms with van der Waals surface area (Å²) in [6.45, 7) is 4.71. The Kier molecular flexibility index (Phi) is 5.54. The smallest absolute Gasteiger partial charge is 0.282 e. The molecule has 1 fully saturated rings. The lowest BCUT2D eigenvalue weighted by molar-refractivity contribution is -0.892. The number of carbonyl (C=O) groups is 1. The number of aromatic nitrogens is 1. The van der Waals surface area contributed by atoms with Crippen molar-refractivity contribution in [2.75, 3.05) is 49.1 Å². The van der Waals surface area contributed by atoms with Crippen molar-refractivity contribution in [2.24, 2.45) is 0 Å². The fourth-order valence-corrected chi connectivity index (χ4v) is 4.54. The van der Waals surface area contributed by atoms with Gasteiger partial charge in [0, 0.05) is 6.07 Å². The molecule has 2 aliphatic rings. The average Bonchev–Trinajstić information content (AvgIpc) is 2.85. The Morgan fingerprint density at radius 2 is 1.71 bits per heavy atom. The number of nitrogens with one attached hydrogen (secondary N) is 2. The maximum Gasteiger partial charge on any atom is 0.282 e. The van der Waals surface area contributed by atoms with Crippen LogP contribution >= 0.6 is 0 Å². The number of pyridine rings is 1. The van der Waals surface area contributed by atoms with E-state index in [1.165, 1.54) is 4.90 Å². The second kappa shape index (κ2) is 8.78. The van der Waals surface area contributed by atoms with Gasteiger partial charge in [0.25, 0.3) is 11.7 Å². The molecular weight excluding hydrogens is 388 g/mol. The summed E-state index contributed by atoms with van der Waals surface area (Å²) in [6.07, 6.45) is 1.96. The maximum absolute atomic E-state index is 13.6. The Morgan fingerprint density at radius 1 is 0.968 bits per heavy atom. The summed E-state index contributed by atoms with van der Waals surface area (Å²) in [5.41, 5.74) is 1.97. The molecule has 6 heteroatoms. The van der Waals surface area contributed by atoms with E-state index in [1.807, 2.05) is 65.7 Å². The number of piperazine rings is 1. The van der Waals surface area contributed by atoms with Crippen LogP contribution in [0.2, 0.25) is 0 Å². The average molecular weight is 417 g/mol. The lowest BCUT2D eigenvalue weighted by Gasteiger charge is -2.38. The SMILES string of the molecule is O=C(C[NH+]1CCN(c2cccc[nH+]2)CC1)N1c2ccccc2OC[C@@H]1c1ccccc1. The van der Waals surface area contributed by atoms with E-state index >= 15 is 0 Å². The van der Waals surface area contributed by atoms with Crippen LogP contribution in [-0.4, -0.2) is 45.2 Å². The van der Waals surface area contributed by atoms with Gasteiger partial charge in [0.05, 0.1) is 17.9 Å². The molecule has 2 N–H and O–H groups in total. The van der Waals surface area contributed by atoms with Gasteiger partial charge in [-0.3, -0.25) is 14.6 Å². The molecule has 3 heterocycles. The predicted molar refractivity (Wildman–Crippen MR) is 119 cm³/mol. The van der Waals surface area contributed by atoms with Crippen molar-refractivity contribution in [1.29, 1.82) is 0 Å². The number of ether oxygens (including phenoxy) is 1. The quantitative estimate of drug-likeness (QED) is 0.699. The molecule has 1 amide bonds. The van der Waals surface area contributed by atoms with Gasteiger partial charge >= 0.3 is 0 Å². The number of hydrogen-bond donors (Lipinski definition) is 1. The van der Waals surface area contributed by atoms with Crippen molar-refractivity contribution in [3.63, 3.8) is 0 Å². The van der Waals surface area contributed by atoms with E-state index in [-0.39, 0.29) is 11.9 Å². The Balaban J connectivity index is 1.32. The number of H-pyrrole nitrogens is 1. The van der Waals surface area contributed by atoms with Crippen molar-refractivity contribution in [3.05, 3.63) is 84.6 Å². The van der Waals surface area contributed by atoms with Crippen LogP contribution in [-0.2, 0) is 4.79 Å². The lowest BCUT2D eigenvalue weighted by atomic mass is 10.0. The molecule has 1 saturated heterocycles. The van der Waals surface area contributed by atoms with Crippen LogP contribution in [0, 0.1) is 0 Å². The van der Waals surface area contributed by atoms with Crippen molar-refractivity contribution < 1.29 is 19.4 Å². The number of nitrogens with zero attached hydrogens (tertiary/aromatic N) is 2. The number of carbonyl (C=O) groups excluding carboxylic acids is 1. The Labute approximate surface area is 182 Å². The Bertz CT molecular complexity index is 1020. The van der Waals surface area contributed by atoms with Crippen molar-refractivity contribution in [2.45, 2.75) is 6.04 Å². The van der Waals surface area contributed by atoms with Crippen LogP contribution in [0.5, 0.6) is 5.75 Å². The van der Waals surface area contributed by atoms with Crippen LogP contribution in [0.3, 0.4) is 0 Å². The van der Waals surface area contributed by atoms with Crippen LogP contribution < -0.4 is 24.4 Å². The highest BCUT2D eigenvalue weighted by Crippen LogP contribution is 2.39. The van der Waals surface area contributed by atoms with Gasteiger partial charge in [-0.1, -0.05) is 48.5 Å². The second-order valence-electron chi connectivity index (χ2n) is 8.13. The Hall–Kier alpha value is -3.38. The molecule has 0 aliphatic carbocycles. The highest BCUT2D eigenvalue weighted by molar-refractivity contribution is 5.96. The third kappa shape index (κ3) is 4.11. The molecule has 0 saturated carbocycles. The number of quaternary nitrogens is 1. The topological polar surface area (TPSA) is 51.4 Å². The molecule has 0 radical (unpaired) electrons. The van der Waals surface area contributed by atoms with Crippen LogP contribution in [0.15, 0.2) is 79.0 Å². The van der Waals surface area contributed by atoms with Crippen molar-refractivity contribution in [1.82, 2.24) is 0 Å². The zero-order chi connectivity index (χ0) is 21.0. The molecule has 31 heavy (non-hydrogen) atoms. The van der Waals surface area contributed by atoms with E-state index in [1.54, 1.807) is 0 Å². The maximum atomic E-state index is 13.6. The fourth-order valence-electron chi connectivity index (χ4n) is 4.54. The molecule has 158 valence electrons. The standard InChI is InChI=1S/C25H26N4O2/c30-25(18-27-14-16-28(17-15-27)24-12-6-7-13-26-24)29-21-10-4-5-11-23(21)31-19-22(29)20-8-2-1-3-9-20/h1-13,22H,14-19H2/p+2/t22-/m1/s1. The summed E-state index contributed by atoms with van der Waals surface area (Å²) in [4.78, 5) is 22.5. The summed E-state index contributed by atoms with van der Waals surface area (Å²) < 4.78 is 6.01. The minimum absolute atomic E-state index is 0.108. The fraction of sp³-hybridized carbons (Fsp3) is 0.280.